The zero-order valence-electron chi connectivity index (χ0n) is 20.9. The molecule has 0 fully saturated rings. The molecule has 0 saturated heterocycles. The van der Waals surface area contributed by atoms with Crippen molar-refractivity contribution < 1.29 is 43.7 Å². The monoisotopic (exact) mass is 532 g/mol. The number of aryl methyl sites for hydroxylation is 2. The first kappa shape index (κ1) is 32.5. The highest BCUT2D eigenvalue weighted by molar-refractivity contribution is 6.05. The van der Waals surface area contributed by atoms with Gasteiger partial charge in [-0.3, -0.25) is 9.59 Å². The van der Waals surface area contributed by atoms with Crippen molar-refractivity contribution >= 4 is 41.8 Å². The highest BCUT2D eigenvalue weighted by Gasteiger charge is 2.14. The molecule has 0 aromatic heterocycles. The zero-order valence-corrected chi connectivity index (χ0v) is 20.9. The van der Waals surface area contributed by atoms with E-state index in [1.165, 1.54) is 26.4 Å². The first-order valence-corrected chi connectivity index (χ1v) is 10.2. The SMILES string of the molecule is COC(=O)c1ccc(C)c(C(=O)N=C(N)N)c1.COC(=O)c1ccc(C)c(C(=O)N=C(N)N)c1.O=C(O)O. The van der Waals surface area contributed by atoms with Crippen LogP contribution in [0.1, 0.15) is 52.6 Å². The second-order valence-electron chi connectivity index (χ2n) is 7.01. The Morgan fingerprint density at radius 3 is 1.18 bits per heavy atom. The Kier molecular flexibility index (Phi) is 13.3. The number of hydrogen-bond donors (Lipinski definition) is 6. The van der Waals surface area contributed by atoms with Gasteiger partial charge in [0.1, 0.15) is 0 Å². The maximum absolute atomic E-state index is 11.6. The van der Waals surface area contributed by atoms with Gasteiger partial charge in [-0.1, -0.05) is 12.1 Å². The number of carbonyl (C=O) groups is 5. The third-order valence-electron chi connectivity index (χ3n) is 4.24. The summed E-state index contributed by atoms with van der Waals surface area (Å²) in [4.78, 5) is 61.3. The molecule has 0 spiro atoms. The predicted octanol–water partition coefficient (Wildman–Crippen LogP) is 0.613. The molecule has 0 aliphatic heterocycles. The maximum atomic E-state index is 11.6. The number of esters is 2. The van der Waals surface area contributed by atoms with Gasteiger partial charge >= 0.3 is 18.1 Å². The van der Waals surface area contributed by atoms with Crippen molar-refractivity contribution in [2.24, 2.45) is 32.9 Å². The molecule has 0 bridgehead atoms. The van der Waals surface area contributed by atoms with E-state index in [9.17, 15) is 19.2 Å². The maximum Gasteiger partial charge on any atom is 0.503 e. The number of carboxylic acid groups (broad SMARTS) is 2. The summed E-state index contributed by atoms with van der Waals surface area (Å²) in [6.07, 6.45) is -1.83. The van der Waals surface area contributed by atoms with E-state index in [0.29, 0.717) is 11.1 Å². The number of nitrogens with zero attached hydrogens (tertiary/aromatic N) is 2. The van der Waals surface area contributed by atoms with E-state index in [2.05, 4.69) is 19.5 Å². The fourth-order valence-electron chi connectivity index (χ4n) is 2.55. The Balaban J connectivity index is 0.000000632. The van der Waals surface area contributed by atoms with E-state index in [1.54, 1.807) is 38.1 Å². The Morgan fingerprint density at radius 2 is 0.947 bits per heavy atom. The van der Waals surface area contributed by atoms with Crippen LogP contribution in [0.2, 0.25) is 0 Å². The van der Waals surface area contributed by atoms with Gasteiger partial charge < -0.3 is 42.6 Å². The Morgan fingerprint density at radius 1 is 0.658 bits per heavy atom. The summed E-state index contributed by atoms with van der Waals surface area (Å²) in [5.74, 6) is -2.87. The highest BCUT2D eigenvalue weighted by atomic mass is 16.6. The minimum Gasteiger partial charge on any atom is -0.465 e. The van der Waals surface area contributed by atoms with Gasteiger partial charge in [-0.15, -0.1) is 0 Å². The van der Waals surface area contributed by atoms with Gasteiger partial charge in [0, 0.05) is 11.1 Å². The Bertz CT molecular complexity index is 1170. The largest absolute Gasteiger partial charge is 0.503 e. The molecule has 2 amide bonds. The summed E-state index contributed by atoms with van der Waals surface area (Å²) >= 11 is 0. The predicted molar refractivity (Wildman–Crippen MR) is 136 cm³/mol. The molecule has 0 radical (unpaired) electrons. The van der Waals surface area contributed by atoms with Gasteiger partial charge in [0.15, 0.2) is 11.9 Å². The molecular weight excluding hydrogens is 504 g/mol. The van der Waals surface area contributed by atoms with Crippen LogP contribution in [-0.2, 0) is 9.47 Å². The third-order valence-corrected chi connectivity index (χ3v) is 4.24. The molecule has 0 aliphatic carbocycles. The molecular formula is C23H28N6O9. The summed E-state index contributed by atoms with van der Waals surface area (Å²) in [7, 11) is 2.53. The van der Waals surface area contributed by atoms with Crippen LogP contribution in [0.15, 0.2) is 46.4 Å². The number of ether oxygens (including phenoxy) is 2. The molecule has 0 heterocycles. The number of amides is 2. The topological polar surface area (TPSA) is 273 Å². The lowest BCUT2D eigenvalue weighted by Crippen LogP contribution is -2.24. The molecule has 2 rings (SSSR count). The summed E-state index contributed by atoms with van der Waals surface area (Å²) in [5, 5.41) is 13.9. The van der Waals surface area contributed by atoms with Crippen LogP contribution in [0.3, 0.4) is 0 Å². The van der Waals surface area contributed by atoms with Crippen molar-refractivity contribution in [2.45, 2.75) is 13.8 Å². The lowest BCUT2D eigenvalue weighted by Gasteiger charge is -2.04. The van der Waals surface area contributed by atoms with Crippen molar-refractivity contribution in [3.63, 3.8) is 0 Å². The zero-order chi connectivity index (χ0) is 29.6. The molecule has 204 valence electrons. The second kappa shape index (κ2) is 15.5. The van der Waals surface area contributed by atoms with Crippen LogP contribution in [0.25, 0.3) is 0 Å². The van der Waals surface area contributed by atoms with Gasteiger partial charge in [0.2, 0.25) is 0 Å². The van der Waals surface area contributed by atoms with Crippen molar-refractivity contribution in [1.29, 1.82) is 0 Å². The van der Waals surface area contributed by atoms with Gasteiger partial charge in [-0.05, 0) is 49.2 Å². The van der Waals surface area contributed by atoms with E-state index in [1.807, 2.05) is 0 Å². The molecule has 0 saturated carbocycles. The van der Waals surface area contributed by atoms with Gasteiger partial charge in [-0.2, -0.15) is 9.98 Å². The third kappa shape index (κ3) is 11.3. The molecule has 15 heteroatoms. The van der Waals surface area contributed by atoms with Gasteiger partial charge in [-0.25, -0.2) is 14.4 Å². The van der Waals surface area contributed by atoms with Crippen molar-refractivity contribution in [2.75, 3.05) is 14.2 Å². The number of guanidine groups is 2. The Hall–Kier alpha value is -5.47. The molecule has 2 aromatic carbocycles. The number of methoxy groups -OCH3 is 2. The normalized spacial score (nSPS) is 9.16. The Labute approximate surface area is 216 Å². The molecule has 0 aliphatic rings. The molecule has 10 N–H and O–H groups in total. The van der Waals surface area contributed by atoms with E-state index in [0.717, 1.165) is 0 Å². The average Bonchev–Trinajstić information content (AvgIpc) is 2.82. The smallest absolute Gasteiger partial charge is 0.465 e. The average molecular weight is 533 g/mol. The van der Waals surface area contributed by atoms with E-state index >= 15 is 0 Å². The molecule has 0 unspecified atom stereocenters. The molecule has 38 heavy (non-hydrogen) atoms. The second-order valence-corrected chi connectivity index (χ2v) is 7.01. The van der Waals surface area contributed by atoms with Crippen LogP contribution in [0.4, 0.5) is 4.79 Å². The standard InChI is InChI=1S/2C11H13N3O3.CH2O3/c2*1-6-3-4-7(10(16)17-2)5-8(6)9(15)14-11(12)13;2-1(3)4/h2*3-5H,1-2H3,(H4,12,13,14,15);(H2,2,3,4). The number of hydrogen-bond acceptors (Lipinski definition) is 7. The van der Waals surface area contributed by atoms with Crippen LogP contribution in [0, 0.1) is 13.8 Å². The molecule has 0 atom stereocenters. The van der Waals surface area contributed by atoms with E-state index in [4.69, 9.17) is 37.9 Å². The number of nitrogens with two attached hydrogens (primary N) is 4. The summed E-state index contributed by atoms with van der Waals surface area (Å²) in [6, 6.07) is 9.18. The first-order valence-electron chi connectivity index (χ1n) is 10.2. The van der Waals surface area contributed by atoms with E-state index in [-0.39, 0.29) is 34.2 Å². The summed E-state index contributed by atoms with van der Waals surface area (Å²) in [6.45, 7) is 3.44. The fourth-order valence-corrected chi connectivity index (χ4v) is 2.55. The number of benzene rings is 2. The fraction of sp³-hybridized carbons (Fsp3) is 0.174. The van der Waals surface area contributed by atoms with Crippen LogP contribution >= 0.6 is 0 Å². The quantitative estimate of drug-likeness (QED) is 0.179. The number of rotatable bonds is 4. The van der Waals surface area contributed by atoms with Crippen molar-refractivity contribution in [1.82, 2.24) is 0 Å². The minimum absolute atomic E-state index is 0.265. The first-order chi connectivity index (χ1) is 17.6. The lowest BCUT2D eigenvalue weighted by atomic mass is 10.0. The minimum atomic E-state index is -1.83. The molecule has 2 aromatic rings. The van der Waals surface area contributed by atoms with Crippen LogP contribution < -0.4 is 22.9 Å². The molecule has 15 nitrogen and oxygen atoms in total. The lowest BCUT2D eigenvalue weighted by molar-refractivity contribution is 0.0591. The number of carbonyl (C=O) groups excluding carboxylic acids is 4. The summed E-state index contributed by atoms with van der Waals surface area (Å²) in [5.41, 5.74) is 22.9. The number of aliphatic imine (C=N–C) groups is 2. The van der Waals surface area contributed by atoms with Crippen LogP contribution in [0.5, 0.6) is 0 Å². The highest BCUT2D eigenvalue weighted by Crippen LogP contribution is 2.14. The van der Waals surface area contributed by atoms with Gasteiger partial charge in [0.25, 0.3) is 11.8 Å². The van der Waals surface area contributed by atoms with Crippen molar-refractivity contribution in [3.05, 3.63) is 69.8 Å². The summed E-state index contributed by atoms with van der Waals surface area (Å²) < 4.78 is 9.11. The van der Waals surface area contributed by atoms with Gasteiger partial charge in [0.05, 0.1) is 25.3 Å². The van der Waals surface area contributed by atoms with E-state index < -0.39 is 29.9 Å². The van der Waals surface area contributed by atoms with Crippen LogP contribution in [-0.4, -0.2) is 66.3 Å². The van der Waals surface area contributed by atoms with Crippen molar-refractivity contribution in [3.8, 4) is 0 Å².